The zero-order valence-corrected chi connectivity index (χ0v) is 12.4. The van der Waals surface area contributed by atoms with Crippen LogP contribution in [-0.2, 0) is 4.79 Å². The van der Waals surface area contributed by atoms with Crippen LogP contribution in [0.4, 0.5) is 5.69 Å². The number of benzene rings is 2. The molecule has 1 unspecified atom stereocenters. The Morgan fingerprint density at radius 3 is 2.73 bits per heavy atom. The van der Waals surface area contributed by atoms with Crippen LogP contribution in [0.2, 0.25) is 0 Å². The molecule has 3 rings (SSSR count). The van der Waals surface area contributed by atoms with Gasteiger partial charge in [0.25, 0.3) is 0 Å². The Balaban J connectivity index is 1.59. The second-order valence-corrected chi connectivity index (χ2v) is 5.55. The molecule has 1 aliphatic heterocycles. The highest BCUT2D eigenvalue weighted by molar-refractivity contribution is 5.91. The fraction of sp³-hybridized carbons (Fsp3) is 0.278. The topological polar surface area (TPSA) is 50.4 Å². The molecule has 114 valence electrons. The number of hydrogen-bond acceptors (Lipinski definition) is 3. The zero-order chi connectivity index (χ0) is 15.2. The van der Waals surface area contributed by atoms with Crippen LogP contribution in [-0.4, -0.2) is 19.0 Å². The summed E-state index contributed by atoms with van der Waals surface area (Å²) in [5.41, 5.74) is 0.768. The molecule has 0 aliphatic carbocycles. The largest absolute Gasteiger partial charge is 0.457 e. The number of para-hydroxylation sites is 1. The van der Waals surface area contributed by atoms with E-state index in [0.717, 1.165) is 30.9 Å². The SMILES string of the molecule is O=C(CC1CCNC1)Nc1cccc(Oc2ccccc2)c1. The number of nitrogens with one attached hydrogen (secondary N) is 2. The van der Waals surface area contributed by atoms with E-state index >= 15 is 0 Å². The van der Waals surface area contributed by atoms with E-state index in [-0.39, 0.29) is 5.91 Å². The van der Waals surface area contributed by atoms with Crippen LogP contribution in [0.5, 0.6) is 11.5 Å². The van der Waals surface area contributed by atoms with Crippen LogP contribution < -0.4 is 15.4 Å². The van der Waals surface area contributed by atoms with Gasteiger partial charge in [0, 0.05) is 18.2 Å². The summed E-state index contributed by atoms with van der Waals surface area (Å²) in [7, 11) is 0. The Bertz CT molecular complexity index is 622. The minimum absolute atomic E-state index is 0.0607. The first-order valence-corrected chi connectivity index (χ1v) is 7.63. The van der Waals surface area contributed by atoms with Crippen LogP contribution in [0, 0.1) is 5.92 Å². The molecule has 1 fully saturated rings. The van der Waals surface area contributed by atoms with Gasteiger partial charge >= 0.3 is 0 Å². The number of rotatable bonds is 5. The fourth-order valence-electron chi connectivity index (χ4n) is 2.62. The van der Waals surface area contributed by atoms with Crippen LogP contribution >= 0.6 is 0 Å². The van der Waals surface area contributed by atoms with E-state index in [0.29, 0.717) is 18.1 Å². The fourth-order valence-corrected chi connectivity index (χ4v) is 2.62. The molecule has 4 heteroatoms. The number of amides is 1. The van der Waals surface area contributed by atoms with Gasteiger partial charge in [-0.3, -0.25) is 4.79 Å². The average Bonchev–Trinajstić information content (AvgIpc) is 3.01. The number of carbonyl (C=O) groups is 1. The number of hydrogen-bond donors (Lipinski definition) is 2. The standard InChI is InChI=1S/C18H20N2O2/c21-18(11-14-9-10-19-13-14)20-15-5-4-8-17(12-15)22-16-6-2-1-3-7-16/h1-8,12,14,19H,9-11,13H2,(H,20,21). The quantitative estimate of drug-likeness (QED) is 0.889. The zero-order valence-electron chi connectivity index (χ0n) is 12.4. The van der Waals surface area contributed by atoms with E-state index in [1.54, 1.807) is 0 Å². The van der Waals surface area contributed by atoms with Gasteiger partial charge in [-0.1, -0.05) is 24.3 Å². The van der Waals surface area contributed by atoms with E-state index in [1.807, 2.05) is 54.6 Å². The van der Waals surface area contributed by atoms with Crippen molar-refractivity contribution in [3.8, 4) is 11.5 Å². The van der Waals surface area contributed by atoms with Gasteiger partial charge in [0.15, 0.2) is 0 Å². The number of ether oxygens (including phenoxy) is 1. The maximum atomic E-state index is 12.1. The molecule has 4 nitrogen and oxygen atoms in total. The molecule has 0 saturated carbocycles. The van der Waals surface area contributed by atoms with Crippen LogP contribution in [0.3, 0.4) is 0 Å². The maximum absolute atomic E-state index is 12.1. The van der Waals surface area contributed by atoms with Crippen molar-refractivity contribution in [2.75, 3.05) is 18.4 Å². The summed E-state index contributed by atoms with van der Waals surface area (Å²) in [5, 5.41) is 6.23. The summed E-state index contributed by atoms with van der Waals surface area (Å²) in [4.78, 5) is 12.1. The van der Waals surface area contributed by atoms with Crippen LogP contribution in [0.15, 0.2) is 54.6 Å². The molecule has 22 heavy (non-hydrogen) atoms. The van der Waals surface area contributed by atoms with Crippen molar-refractivity contribution >= 4 is 11.6 Å². The summed E-state index contributed by atoms with van der Waals surface area (Å²) >= 11 is 0. The first-order chi connectivity index (χ1) is 10.8. The van der Waals surface area contributed by atoms with Gasteiger partial charge in [0.2, 0.25) is 5.91 Å². The molecule has 0 radical (unpaired) electrons. The van der Waals surface area contributed by atoms with Gasteiger partial charge in [-0.05, 0) is 49.7 Å². The van der Waals surface area contributed by atoms with Crippen molar-refractivity contribution in [1.82, 2.24) is 5.32 Å². The lowest BCUT2D eigenvalue weighted by Gasteiger charge is -2.11. The molecule has 1 saturated heterocycles. The molecule has 2 aromatic carbocycles. The lowest BCUT2D eigenvalue weighted by atomic mass is 10.0. The maximum Gasteiger partial charge on any atom is 0.224 e. The summed E-state index contributed by atoms with van der Waals surface area (Å²) < 4.78 is 5.77. The summed E-state index contributed by atoms with van der Waals surface area (Å²) in [6, 6.07) is 17.1. The van der Waals surface area contributed by atoms with Crippen LogP contribution in [0.1, 0.15) is 12.8 Å². The lowest BCUT2D eigenvalue weighted by molar-refractivity contribution is -0.116. The summed E-state index contributed by atoms with van der Waals surface area (Å²) in [6.07, 6.45) is 1.64. The molecule has 0 aromatic heterocycles. The molecule has 1 heterocycles. The Labute approximate surface area is 130 Å². The van der Waals surface area contributed by atoms with Crippen molar-refractivity contribution in [3.05, 3.63) is 54.6 Å². The predicted molar refractivity (Wildman–Crippen MR) is 87.2 cm³/mol. The highest BCUT2D eigenvalue weighted by Gasteiger charge is 2.18. The van der Waals surface area contributed by atoms with Gasteiger partial charge in [0.1, 0.15) is 11.5 Å². The molecule has 2 aromatic rings. The van der Waals surface area contributed by atoms with E-state index in [9.17, 15) is 4.79 Å². The second-order valence-electron chi connectivity index (χ2n) is 5.55. The molecule has 0 bridgehead atoms. The normalized spacial score (nSPS) is 17.2. The van der Waals surface area contributed by atoms with E-state index in [2.05, 4.69) is 10.6 Å². The van der Waals surface area contributed by atoms with E-state index in [4.69, 9.17) is 4.74 Å². The molecule has 2 N–H and O–H groups in total. The predicted octanol–water partition coefficient (Wildman–Crippen LogP) is 3.42. The average molecular weight is 296 g/mol. The van der Waals surface area contributed by atoms with Gasteiger partial charge in [-0.15, -0.1) is 0 Å². The Morgan fingerprint density at radius 2 is 1.95 bits per heavy atom. The molecular weight excluding hydrogens is 276 g/mol. The van der Waals surface area contributed by atoms with Gasteiger partial charge in [-0.2, -0.15) is 0 Å². The Hall–Kier alpha value is -2.33. The van der Waals surface area contributed by atoms with Gasteiger partial charge < -0.3 is 15.4 Å². The highest BCUT2D eigenvalue weighted by atomic mass is 16.5. The smallest absolute Gasteiger partial charge is 0.224 e. The van der Waals surface area contributed by atoms with E-state index < -0.39 is 0 Å². The highest BCUT2D eigenvalue weighted by Crippen LogP contribution is 2.24. The van der Waals surface area contributed by atoms with Gasteiger partial charge in [-0.25, -0.2) is 0 Å². The van der Waals surface area contributed by atoms with Crippen LogP contribution in [0.25, 0.3) is 0 Å². The first kappa shape index (κ1) is 14.6. The Kier molecular flexibility index (Phi) is 4.71. The minimum Gasteiger partial charge on any atom is -0.457 e. The molecule has 1 atom stereocenters. The number of anilines is 1. The third-order valence-corrected chi connectivity index (χ3v) is 3.73. The molecule has 1 amide bonds. The summed E-state index contributed by atoms with van der Waals surface area (Å²) in [5.74, 6) is 2.00. The Morgan fingerprint density at radius 1 is 1.14 bits per heavy atom. The monoisotopic (exact) mass is 296 g/mol. The van der Waals surface area contributed by atoms with Crippen molar-refractivity contribution in [1.29, 1.82) is 0 Å². The molecular formula is C18H20N2O2. The second kappa shape index (κ2) is 7.09. The van der Waals surface area contributed by atoms with Crippen molar-refractivity contribution in [3.63, 3.8) is 0 Å². The number of carbonyl (C=O) groups excluding carboxylic acids is 1. The van der Waals surface area contributed by atoms with Crippen molar-refractivity contribution in [2.24, 2.45) is 5.92 Å². The van der Waals surface area contributed by atoms with Gasteiger partial charge in [0.05, 0.1) is 0 Å². The minimum atomic E-state index is 0.0607. The van der Waals surface area contributed by atoms with Crippen molar-refractivity contribution in [2.45, 2.75) is 12.8 Å². The van der Waals surface area contributed by atoms with E-state index in [1.165, 1.54) is 0 Å². The lowest BCUT2D eigenvalue weighted by Crippen LogP contribution is -2.18. The molecule has 1 aliphatic rings. The van der Waals surface area contributed by atoms with Crippen molar-refractivity contribution < 1.29 is 9.53 Å². The third kappa shape index (κ3) is 4.09. The first-order valence-electron chi connectivity index (χ1n) is 7.63. The third-order valence-electron chi connectivity index (χ3n) is 3.73. The molecule has 0 spiro atoms. The summed E-state index contributed by atoms with van der Waals surface area (Å²) in [6.45, 7) is 1.95.